The molecule has 3 aliphatic heterocycles. The Morgan fingerprint density at radius 3 is 2.14 bits per heavy atom. The van der Waals surface area contributed by atoms with Crippen LogP contribution in [0.2, 0.25) is 0 Å². The first-order valence-corrected chi connectivity index (χ1v) is 18.0. The third-order valence-corrected chi connectivity index (χ3v) is 11.7. The summed E-state index contributed by atoms with van der Waals surface area (Å²) >= 11 is 0. The van der Waals surface area contributed by atoms with E-state index in [4.69, 9.17) is 14.2 Å². The number of carbonyl (C=O) groups excluding carboxylic acids is 1. The van der Waals surface area contributed by atoms with Gasteiger partial charge in [0.2, 0.25) is 5.91 Å². The Morgan fingerprint density at radius 2 is 1.53 bits per heavy atom. The van der Waals surface area contributed by atoms with Crippen LogP contribution in [0.3, 0.4) is 0 Å². The van der Waals surface area contributed by atoms with Crippen LogP contribution in [0.5, 0.6) is 11.5 Å². The van der Waals surface area contributed by atoms with Crippen LogP contribution in [0.4, 0.5) is 18.9 Å². The lowest BCUT2D eigenvalue weighted by atomic mass is 9.87. The number of likely N-dealkylation sites (tertiary alicyclic amines) is 2. The molecule has 2 aromatic carbocycles. The smallest absolute Gasteiger partial charge is 0.497 e. The first-order chi connectivity index (χ1) is 24.5. The average Bonchev–Trinajstić information content (AvgIpc) is 3.76. The zero-order chi connectivity index (χ0) is 36.3. The van der Waals surface area contributed by atoms with E-state index in [0.29, 0.717) is 63.9 Å². The molecule has 2 aromatic rings. The quantitative estimate of drug-likeness (QED) is 0.311. The highest BCUT2D eigenvalue weighted by Gasteiger charge is 2.46. The predicted octanol–water partition coefficient (Wildman–Crippen LogP) is 5.76. The third-order valence-electron chi connectivity index (χ3n) is 11.7. The van der Waals surface area contributed by atoms with Crippen molar-refractivity contribution < 1.29 is 46.8 Å². The number of alkyl halides is 3. The Kier molecular flexibility index (Phi) is 11.7. The normalized spacial score (nSPS) is 27.9. The second kappa shape index (κ2) is 16.0. The van der Waals surface area contributed by atoms with E-state index in [1.165, 1.54) is 12.1 Å². The Morgan fingerprint density at radius 1 is 0.843 bits per heavy atom. The molecule has 4 aliphatic rings. The van der Waals surface area contributed by atoms with Crippen LogP contribution in [0.15, 0.2) is 42.5 Å². The zero-order valence-corrected chi connectivity index (χ0v) is 29.6. The molecule has 0 unspecified atom stereocenters. The first-order valence-electron chi connectivity index (χ1n) is 18.0. The first kappa shape index (κ1) is 37.2. The molecule has 6 rings (SSSR count). The summed E-state index contributed by atoms with van der Waals surface area (Å²) in [5.74, 6) is -1.43. The van der Waals surface area contributed by atoms with E-state index in [2.05, 4.69) is 21.8 Å². The number of anilines is 1. The van der Waals surface area contributed by atoms with Crippen LogP contribution < -0.4 is 14.4 Å². The van der Waals surface area contributed by atoms with E-state index in [-0.39, 0.29) is 41.4 Å². The topological polar surface area (TPSA) is 101 Å². The van der Waals surface area contributed by atoms with Crippen molar-refractivity contribution in [1.82, 2.24) is 9.80 Å². The van der Waals surface area contributed by atoms with E-state index in [0.717, 1.165) is 49.1 Å². The van der Waals surface area contributed by atoms with Crippen molar-refractivity contribution in [3.8, 4) is 11.5 Å². The molecule has 1 aliphatic carbocycles. The molecule has 3 heterocycles. The summed E-state index contributed by atoms with van der Waals surface area (Å²) in [5.41, 5.74) is 2.49. The summed E-state index contributed by atoms with van der Waals surface area (Å²) in [6.45, 7) is 3.44. The van der Waals surface area contributed by atoms with Gasteiger partial charge in [-0.15, -0.1) is 13.2 Å². The Hall–Kier alpha value is -3.55. The summed E-state index contributed by atoms with van der Waals surface area (Å²) in [4.78, 5) is 32.7. The second-order valence-corrected chi connectivity index (χ2v) is 14.5. The van der Waals surface area contributed by atoms with Crippen molar-refractivity contribution in [3.05, 3.63) is 53.6 Å². The third kappa shape index (κ3) is 8.58. The number of piperidine rings is 1. The molecule has 0 radical (unpaired) electrons. The highest BCUT2D eigenvalue weighted by atomic mass is 19.4. The van der Waals surface area contributed by atoms with Gasteiger partial charge in [-0.25, -0.2) is 0 Å². The summed E-state index contributed by atoms with van der Waals surface area (Å²) in [6.07, 6.45) is 0.234. The van der Waals surface area contributed by atoms with Crippen molar-refractivity contribution in [1.29, 1.82) is 0 Å². The van der Waals surface area contributed by atoms with Crippen molar-refractivity contribution in [2.24, 2.45) is 17.8 Å². The van der Waals surface area contributed by atoms with E-state index < -0.39 is 18.2 Å². The molecule has 0 aromatic heterocycles. The molecule has 1 saturated carbocycles. The van der Waals surface area contributed by atoms with Gasteiger partial charge in [-0.3, -0.25) is 14.5 Å². The number of amides is 1. The summed E-state index contributed by atoms with van der Waals surface area (Å²) in [7, 11) is 5.02. The van der Waals surface area contributed by atoms with E-state index in [1.54, 1.807) is 27.4 Å². The molecule has 4 fully saturated rings. The Balaban J connectivity index is 1.27. The van der Waals surface area contributed by atoms with Gasteiger partial charge in [0.25, 0.3) is 0 Å². The van der Waals surface area contributed by atoms with Crippen molar-refractivity contribution in [2.75, 3.05) is 72.1 Å². The fourth-order valence-corrected chi connectivity index (χ4v) is 8.91. The maximum Gasteiger partial charge on any atom is 0.573 e. The van der Waals surface area contributed by atoms with Crippen LogP contribution in [0.25, 0.3) is 0 Å². The van der Waals surface area contributed by atoms with Crippen LogP contribution >= 0.6 is 0 Å². The van der Waals surface area contributed by atoms with Gasteiger partial charge >= 0.3 is 12.3 Å². The maximum absolute atomic E-state index is 14.7. The minimum absolute atomic E-state index is 0.00614. The SMILES string of the molecule is COC[C@H]1CN(C(=O)[C@@H]2CN([C@H]3CC[C@H](OC)CC3)C[C@H]2c2ccc(OC)cc2)C[C@@H]1c1ccc(OC(F)(F)F)cc1N1CCC(C(=O)O)CC1. The number of nitrogens with zero attached hydrogens (tertiary/aromatic N) is 3. The average molecular weight is 718 g/mol. The van der Waals surface area contributed by atoms with Gasteiger partial charge < -0.3 is 33.9 Å². The monoisotopic (exact) mass is 717 g/mol. The molecule has 3 saturated heterocycles. The Labute approximate surface area is 297 Å². The summed E-state index contributed by atoms with van der Waals surface area (Å²) < 4.78 is 60.9. The lowest BCUT2D eigenvalue weighted by Crippen LogP contribution is -2.40. The number of rotatable bonds is 11. The van der Waals surface area contributed by atoms with Crippen LogP contribution in [-0.4, -0.2) is 112 Å². The molecule has 0 spiro atoms. The molecule has 10 nitrogen and oxygen atoms in total. The lowest BCUT2D eigenvalue weighted by molar-refractivity contribution is -0.274. The number of aliphatic carboxylic acids is 1. The van der Waals surface area contributed by atoms with Crippen LogP contribution in [0.1, 0.15) is 61.5 Å². The number of ether oxygens (including phenoxy) is 4. The summed E-state index contributed by atoms with van der Waals surface area (Å²) in [5, 5.41) is 9.56. The lowest BCUT2D eigenvalue weighted by Gasteiger charge is -2.35. The molecule has 4 atom stereocenters. The standard InChI is InChI=1S/C38H50F3N3O7/c1-48-23-26-19-44(21-33(26)31-13-12-30(51-38(39,40)41)18-35(31)42-16-14-25(15-17-42)37(46)47)36(45)34-22-43(27-6-10-29(50-3)11-7-27)20-32(34)24-4-8-28(49-2)9-5-24/h4-5,8-9,12-13,18,25-27,29,32-34H,6-7,10-11,14-17,19-23H2,1-3H3,(H,46,47)/t26-,27-,29-,32+,33+,34-/m1/s1. The Bertz CT molecular complexity index is 1490. The highest BCUT2D eigenvalue weighted by molar-refractivity contribution is 5.81. The predicted molar refractivity (Wildman–Crippen MR) is 184 cm³/mol. The number of hydrogen-bond acceptors (Lipinski definition) is 8. The minimum atomic E-state index is -4.86. The number of hydrogen-bond donors (Lipinski definition) is 1. The van der Waals surface area contributed by atoms with Gasteiger partial charge in [0, 0.05) is 89.0 Å². The highest BCUT2D eigenvalue weighted by Crippen LogP contribution is 2.44. The van der Waals surface area contributed by atoms with Crippen molar-refractivity contribution >= 4 is 17.6 Å². The molecule has 0 bridgehead atoms. The van der Waals surface area contributed by atoms with Gasteiger partial charge in [-0.2, -0.15) is 0 Å². The van der Waals surface area contributed by atoms with Gasteiger partial charge in [0.15, 0.2) is 0 Å². The van der Waals surface area contributed by atoms with Crippen LogP contribution in [0, 0.1) is 17.8 Å². The van der Waals surface area contributed by atoms with Gasteiger partial charge in [0.05, 0.1) is 31.7 Å². The van der Waals surface area contributed by atoms with E-state index >= 15 is 0 Å². The number of halogens is 3. The molecular formula is C38H50F3N3O7. The minimum Gasteiger partial charge on any atom is -0.497 e. The number of carbonyl (C=O) groups is 2. The second-order valence-electron chi connectivity index (χ2n) is 14.5. The van der Waals surface area contributed by atoms with E-state index in [1.807, 2.05) is 21.9 Å². The number of benzene rings is 2. The fourth-order valence-electron chi connectivity index (χ4n) is 8.91. The van der Waals surface area contributed by atoms with Crippen molar-refractivity contribution in [2.45, 2.75) is 68.9 Å². The number of carboxylic acid groups (broad SMARTS) is 1. The maximum atomic E-state index is 14.7. The van der Waals surface area contributed by atoms with Crippen molar-refractivity contribution in [3.63, 3.8) is 0 Å². The molecule has 1 amide bonds. The number of carboxylic acids is 1. The van der Waals surface area contributed by atoms with Gasteiger partial charge in [-0.1, -0.05) is 18.2 Å². The van der Waals surface area contributed by atoms with Gasteiger partial charge in [0.1, 0.15) is 11.5 Å². The molecule has 13 heteroatoms. The number of methoxy groups -OCH3 is 3. The molecular weight excluding hydrogens is 667 g/mol. The largest absolute Gasteiger partial charge is 0.573 e. The molecule has 280 valence electrons. The molecule has 1 N–H and O–H groups in total. The van der Waals surface area contributed by atoms with Crippen LogP contribution in [-0.2, 0) is 19.1 Å². The fraction of sp³-hybridized carbons (Fsp3) is 0.632. The summed E-state index contributed by atoms with van der Waals surface area (Å²) in [6, 6.07) is 12.8. The zero-order valence-electron chi connectivity index (χ0n) is 29.6. The van der Waals surface area contributed by atoms with E-state index in [9.17, 15) is 27.9 Å². The van der Waals surface area contributed by atoms with Gasteiger partial charge in [-0.05, 0) is 67.9 Å². The molecule has 51 heavy (non-hydrogen) atoms.